The number of hydrogen-bond donors (Lipinski definition) is 0. The summed E-state index contributed by atoms with van der Waals surface area (Å²) in [5.74, 6) is -0.401. The molecule has 2 saturated heterocycles. The summed E-state index contributed by atoms with van der Waals surface area (Å²) in [6, 6.07) is 6.55. The van der Waals surface area contributed by atoms with E-state index in [1.165, 1.54) is 54.3 Å². The van der Waals surface area contributed by atoms with Crippen LogP contribution in [0.15, 0.2) is 29.2 Å². The van der Waals surface area contributed by atoms with E-state index < -0.39 is 16.0 Å². The standard InChI is InChI=1S/C24H35N3O5S/c1-2-32-24(29)20-7-9-22(10-8-20)33(30,31)27-13-11-19(12-14-27)23(28)26-17-15-25(16-18-26)21-5-3-4-6-21/h7-10,19,21H,2-6,11-18H2,1H3. The monoisotopic (exact) mass is 477 g/mol. The van der Waals surface area contributed by atoms with Gasteiger partial charge in [0.2, 0.25) is 15.9 Å². The molecule has 0 aromatic heterocycles. The normalized spacial score (nSPS) is 21.9. The van der Waals surface area contributed by atoms with E-state index in [2.05, 4.69) is 4.90 Å². The zero-order chi connectivity index (χ0) is 23.4. The summed E-state index contributed by atoms with van der Waals surface area (Å²) < 4.78 is 32.5. The van der Waals surface area contributed by atoms with E-state index in [0.717, 1.165) is 26.2 Å². The van der Waals surface area contributed by atoms with Gasteiger partial charge in [0, 0.05) is 51.2 Å². The molecule has 9 heteroatoms. The van der Waals surface area contributed by atoms with Gasteiger partial charge in [-0.15, -0.1) is 0 Å². The smallest absolute Gasteiger partial charge is 0.338 e. The van der Waals surface area contributed by atoms with Crippen molar-refractivity contribution in [3.8, 4) is 0 Å². The van der Waals surface area contributed by atoms with E-state index in [-0.39, 0.29) is 23.3 Å². The van der Waals surface area contributed by atoms with Gasteiger partial charge in [0.05, 0.1) is 17.1 Å². The Morgan fingerprint density at radius 3 is 2.09 bits per heavy atom. The maximum absolute atomic E-state index is 13.1. The van der Waals surface area contributed by atoms with Crippen LogP contribution in [0.1, 0.15) is 55.8 Å². The molecule has 182 valence electrons. The van der Waals surface area contributed by atoms with Crippen LogP contribution in [0.5, 0.6) is 0 Å². The lowest BCUT2D eigenvalue weighted by molar-refractivity contribution is -0.138. The molecule has 0 radical (unpaired) electrons. The second-order valence-corrected chi connectivity index (χ2v) is 11.2. The van der Waals surface area contributed by atoms with Gasteiger partial charge in [0.25, 0.3) is 0 Å². The van der Waals surface area contributed by atoms with Gasteiger partial charge in [-0.2, -0.15) is 4.31 Å². The van der Waals surface area contributed by atoms with Crippen LogP contribution in [0.25, 0.3) is 0 Å². The number of esters is 1. The van der Waals surface area contributed by atoms with Crippen LogP contribution in [0.4, 0.5) is 0 Å². The van der Waals surface area contributed by atoms with Gasteiger partial charge < -0.3 is 9.64 Å². The lowest BCUT2D eigenvalue weighted by Crippen LogP contribution is -2.53. The second kappa shape index (κ2) is 10.5. The predicted molar refractivity (Wildman–Crippen MR) is 124 cm³/mol. The average molecular weight is 478 g/mol. The third-order valence-electron chi connectivity index (χ3n) is 7.27. The van der Waals surface area contributed by atoms with Crippen molar-refractivity contribution in [1.82, 2.24) is 14.1 Å². The quantitative estimate of drug-likeness (QED) is 0.585. The average Bonchev–Trinajstić information content (AvgIpc) is 3.39. The van der Waals surface area contributed by atoms with Crippen LogP contribution in [-0.4, -0.2) is 86.3 Å². The number of amides is 1. The summed E-state index contributed by atoms with van der Waals surface area (Å²) in [5, 5.41) is 0. The molecule has 0 N–H and O–H groups in total. The first-order valence-electron chi connectivity index (χ1n) is 12.2. The third-order valence-corrected chi connectivity index (χ3v) is 9.19. The minimum atomic E-state index is -3.66. The van der Waals surface area contributed by atoms with E-state index in [4.69, 9.17) is 4.74 Å². The molecule has 2 heterocycles. The van der Waals surface area contributed by atoms with Gasteiger partial charge in [-0.05, 0) is 56.9 Å². The molecule has 1 saturated carbocycles. The summed E-state index contributed by atoms with van der Waals surface area (Å²) in [6.45, 7) is 6.11. The summed E-state index contributed by atoms with van der Waals surface area (Å²) in [7, 11) is -3.66. The van der Waals surface area contributed by atoms with Crippen LogP contribution in [-0.2, 0) is 19.6 Å². The molecule has 2 aliphatic heterocycles. The van der Waals surface area contributed by atoms with Crippen molar-refractivity contribution >= 4 is 21.9 Å². The number of hydrogen-bond acceptors (Lipinski definition) is 6. The third kappa shape index (κ3) is 5.41. The van der Waals surface area contributed by atoms with Gasteiger partial charge in [-0.1, -0.05) is 12.8 Å². The number of piperazine rings is 1. The number of piperidine rings is 1. The Labute approximate surface area is 196 Å². The largest absolute Gasteiger partial charge is 0.462 e. The number of sulfonamides is 1. The minimum absolute atomic E-state index is 0.110. The first kappa shape index (κ1) is 24.2. The second-order valence-electron chi connectivity index (χ2n) is 9.22. The highest BCUT2D eigenvalue weighted by Crippen LogP contribution is 2.27. The molecule has 4 rings (SSSR count). The summed E-state index contributed by atoms with van der Waals surface area (Å²) in [5.41, 5.74) is 0.327. The fraction of sp³-hybridized carbons (Fsp3) is 0.667. The molecule has 1 aliphatic carbocycles. The van der Waals surface area contributed by atoms with E-state index >= 15 is 0 Å². The molecule has 33 heavy (non-hydrogen) atoms. The lowest BCUT2D eigenvalue weighted by Gasteiger charge is -2.40. The summed E-state index contributed by atoms with van der Waals surface area (Å²) in [6.07, 6.45) is 6.30. The molecule has 0 atom stereocenters. The molecule has 0 spiro atoms. The van der Waals surface area contributed by atoms with Crippen LogP contribution >= 0.6 is 0 Å². The Balaban J connectivity index is 1.29. The fourth-order valence-corrected chi connectivity index (χ4v) is 6.77. The number of carbonyl (C=O) groups is 2. The summed E-state index contributed by atoms with van der Waals surface area (Å²) >= 11 is 0. The van der Waals surface area contributed by atoms with Gasteiger partial charge in [-0.25, -0.2) is 13.2 Å². The molecule has 1 amide bonds. The first-order valence-corrected chi connectivity index (χ1v) is 13.6. The Bertz CT molecular complexity index is 927. The molecule has 0 unspecified atom stereocenters. The maximum Gasteiger partial charge on any atom is 0.338 e. The van der Waals surface area contributed by atoms with Crippen molar-refractivity contribution in [1.29, 1.82) is 0 Å². The van der Waals surface area contributed by atoms with Crippen molar-refractivity contribution in [3.63, 3.8) is 0 Å². The maximum atomic E-state index is 13.1. The first-order chi connectivity index (χ1) is 15.9. The molecule has 8 nitrogen and oxygen atoms in total. The Kier molecular flexibility index (Phi) is 7.71. The predicted octanol–water partition coefficient (Wildman–Crippen LogP) is 2.35. The minimum Gasteiger partial charge on any atom is -0.462 e. The SMILES string of the molecule is CCOC(=O)c1ccc(S(=O)(=O)N2CCC(C(=O)N3CCN(C4CCCC4)CC3)CC2)cc1. The number of nitrogens with zero attached hydrogens (tertiary/aromatic N) is 3. The highest BCUT2D eigenvalue weighted by Gasteiger charge is 2.35. The van der Waals surface area contributed by atoms with Crippen molar-refractivity contribution in [2.75, 3.05) is 45.9 Å². The van der Waals surface area contributed by atoms with Gasteiger partial charge in [0.1, 0.15) is 0 Å². The van der Waals surface area contributed by atoms with Gasteiger partial charge >= 0.3 is 5.97 Å². The number of benzene rings is 1. The number of carbonyl (C=O) groups excluding carboxylic acids is 2. The van der Waals surface area contributed by atoms with Crippen LogP contribution in [0, 0.1) is 5.92 Å². The fourth-order valence-electron chi connectivity index (χ4n) is 5.30. The van der Waals surface area contributed by atoms with Crippen molar-refractivity contribution in [2.45, 2.75) is 56.4 Å². The highest BCUT2D eigenvalue weighted by atomic mass is 32.2. The van der Waals surface area contributed by atoms with Crippen molar-refractivity contribution in [2.24, 2.45) is 5.92 Å². The van der Waals surface area contributed by atoms with Crippen LogP contribution < -0.4 is 0 Å². The molecule has 1 aromatic carbocycles. The number of ether oxygens (including phenoxy) is 1. The van der Waals surface area contributed by atoms with E-state index in [1.807, 2.05) is 4.90 Å². The molecule has 3 fully saturated rings. The van der Waals surface area contributed by atoms with Crippen molar-refractivity contribution < 1.29 is 22.7 Å². The Hall–Kier alpha value is -1.97. The Morgan fingerprint density at radius 2 is 1.52 bits per heavy atom. The van der Waals surface area contributed by atoms with E-state index in [9.17, 15) is 18.0 Å². The molecule has 3 aliphatic rings. The van der Waals surface area contributed by atoms with Gasteiger partial charge in [-0.3, -0.25) is 9.69 Å². The topological polar surface area (TPSA) is 87.2 Å². The molecule has 1 aromatic rings. The highest BCUT2D eigenvalue weighted by molar-refractivity contribution is 7.89. The molecular weight excluding hydrogens is 442 g/mol. The molecular formula is C24H35N3O5S. The zero-order valence-electron chi connectivity index (χ0n) is 19.4. The Morgan fingerprint density at radius 1 is 0.909 bits per heavy atom. The lowest BCUT2D eigenvalue weighted by atomic mass is 9.96. The molecule has 0 bridgehead atoms. The van der Waals surface area contributed by atoms with Crippen LogP contribution in [0.2, 0.25) is 0 Å². The van der Waals surface area contributed by atoms with Crippen molar-refractivity contribution in [3.05, 3.63) is 29.8 Å². The summed E-state index contributed by atoms with van der Waals surface area (Å²) in [4.78, 5) is 29.5. The van der Waals surface area contributed by atoms with E-state index in [1.54, 1.807) is 6.92 Å². The number of rotatable bonds is 6. The van der Waals surface area contributed by atoms with E-state index in [0.29, 0.717) is 37.5 Å². The van der Waals surface area contributed by atoms with Crippen LogP contribution in [0.3, 0.4) is 0 Å². The van der Waals surface area contributed by atoms with Gasteiger partial charge in [0.15, 0.2) is 0 Å². The zero-order valence-corrected chi connectivity index (χ0v) is 20.3.